The molecule has 0 unspecified atom stereocenters. The van der Waals surface area contributed by atoms with Crippen molar-refractivity contribution in [2.45, 2.75) is 13.3 Å². The number of non-ortho nitro benzene ring substituents is 3. The van der Waals surface area contributed by atoms with Gasteiger partial charge in [-0.1, -0.05) is 97.0 Å². The van der Waals surface area contributed by atoms with Crippen molar-refractivity contribution in [1.82, 2.24) is 75.8 Å². The van der Waals surface area contributed by atoms with Crippen LogP contribution in [0.25, 0.3) is 66.3 Å². The zero-order valence-electron chi connectivity index (χ0n) is 38.5. The molecule has 7 aromatic carbocycles. The number of rotatable bonds is 7. The van der Waals surface area contributed by atoms with E-state index < -0.39 is 19.7 Å². The molecule has 5 aromatic heterocycles. The number of fused-ring (bicyclic) bond motifs is 5. The molecule has 12 rings (SSSR count). The van der Waals surface area contributed by atoms with Crippen LogP contribution in [0.1, 0.15) is 16.7 Å². The molecule has 5 N–H and O–H groups in total. The summed E-state index contributed by atoms with van der Waals surface area (Å²) in [6, 6.07) is 38.7. The Labute approximate surface area is 419 Å². The second kappa shape index (κ2) is 21.6. The first-order valence-corrected chi connectivity index (χ1v) is 21.4. The van der Waals surface area contributed by atoms with Gasteiger partial charge in [-0.15, -0.1) is 25.5 Å². The minimum atomic E-state index is -0.572. The third-order valence-corrected chi connectivity index (χ3v) is 10.8. The summed E-state index contributed by atoms with van der Waals surface area (Å²) in [5.74, 6) is 0. The molecule has 0 radical (unpaired) electrons. The van der Waals surface area contributed by atoms with Crippen LogP contribution >= 0.6 is 0 Å². The number of aryl methyl sites for hydroxylation is 1. The summed E-state index contributed by atoms with van der Waals surface area (Å²) in [5, 5.41) is 124. The lowest BCUT2D eigenvalue weighted by atomic mass is 10.0. The molecular weight excluding hydrogens is 1000 g/mol. The van der Waals surface area contributed by atoms with Gasteiger partial charge in [0, 0.05) is 42.0 Å². The van der Waals surface area contributed by atoms with Crippen LogP contribution in [0.2, 0.25) is 0 Å². The number of nitro benzene ring substituents is 4. The average molecular weight is 1040 g/mol. The summed E-state index contributed by atoms with van der Waals surface area (Å²) < 4.78 is 0. The summed E-state index contributed by atoms with van der Waals surface area (Å²) in [6.07, 6.45) is 0.856. The minimum absolute atomic E-state index is 0.0601. The van der Waals surface area contributed by atoms with Crippen LogP contribution in [-0.4, -0.2) is 122 Å². The topological polar surface area (TPSA) is 427 Å². The van der Waals surface area contributed by atoms with Gasteiger partial charge in [0.15, 0.2) is 5.52 Å². The molecule has 0 atom stereocenters. The van der Waals surface area contributed by atoms with Crippen LogP contribution in [0.3, 0.4) is 0 Å². The maximum atomic E-state index is 10.9. The van der Waals surface area contributed by atoms with Crippen molar-refractivity contribution in [2.24, 2.45) is 0 Å². The van der Waals surface area contributed by atoms with Crippen LogP contribution in [0.4, 0.5) is 22.7 Å². The Morgan fingerprint density at radius 2 is 0.974 bits per heavy atom. The summed E-state index contributed by atoms with van der Waals surface area (Å²) in [4.78, 5) is 43.1. The first-order valence-electron chi connectivity index (χ1n) is 21.4. The Hall–Kier alpha value is -11.9. The molecule has 0 fully saturated rings. The van der Waals surface area contributed by atoms with Crippen molar-refractivity contribution >= 4 is 77.9 Å². The van der Waals surface area contributed by atoms with Crippen molar-refractivity contribution in [1.29, 1.82) is 0 Å². The Kier molecular flexibility index (Phi) is 14.4. The number of aromatic nitrogens is 15. The summed E-state index contributed by atoms with van der Waals surface area (Å²) in [5.41, 5.74) is 7.20. The monoisotopic (exact) mass is 1040 g/mol. The summed E-state index contributed by atoms with van der Waals surface area (Å²) in [7, 11) is 0. The van der Waals surface area contributed by atoms with Crippen LogP contribution < -0.4 is 0 Å². The van der Waals surface area contributed by atoms with E-state index in [1.54, 1.807) is 0 Å². The highest BCUT2D eigenvalue weighted by atomic mass is 16.6. The van der Waals surface area contributed by atoms with Crippen LogP contribution in [0.5, 0.6) is 0 Å². The van der Waals surface area contributed by atoms with Gasteiger partial charge < -0.3 is 26.0 Å². The fourth-order valence-electron chi connectivity index (χ4n) is 7.25. The molecule has 32 nitrogen and oxygen atoms in total. The van der Waals surface area contributed by atoms with E-state index in [0.717, 1.165) is 22.4 Å². The number of benzene rings is 7. The Morgan fingerprint density at radius 1 is 0.421 bits per heavy atom. The van der Waals surface area contributed by atoms with Crippen molar-refractivity contribution < 1.29 is 45.7 Å². The third-order valence-electron chi connectivity index (χ3n) is 10.8. The Morgan fingerprint density at radius 3 is 1.64 bits per heavy atom. The first kappa shape index (κ1) is 50.5. The molecule has 5 heterocycles. The molecule has 0 aliphatic heterocycles. The van der Waals surface area contributed by atoms with E-state index in [-0.39, 0.29) is 50.3 Å². The molecule has 0 amide bonds. The number of nitro groups is 4. The second-order valence-electron chi connectivity index (χ2n) is 15.5. The number of hydrogen-bond acceptors (Lipinski definition) is 23. The van der Waals surface area contributed by atoms with E-state index in [1.165, 1.54) is 73.2 Å². The lowest BCUT2D eigenvalue weighted by molar-refractivity contribution is -0.385. The van der Waals surface area contributed by atoms with Crippen LogP contribution in [0, 0.1) is 47.4 Å². The van der Waals surface area contributed by atoms with Crippen LogP contribution in [-0.2, 0) is 6.42 Å². The quantitative estimate of drug-likeness (QED) is 0.0642. The lowest BCUT2D eigenvalue weighted by Crippen LogP contribution is -1.97. The van der Waals surface area contributed by atoms with Gasteiger partial charge in [-0.3, -0.25) is 40.5 Å². The van der Waals surface area contributed by atoms with Crippen molar-refractivity contribution in [3.05, 3.63) is 197 Å². The van der Waals surface area contributed by atoms with Gasteiger partial charge in [0.25, 0.3) is 22.7 Å². The van der Waals surface area contributed by atoms with E-state index in [4.69, 9.17) is 10.4 Å². The van der Waals surface area contributed by atoms with E-state index in [2.05, 4.69) is 63.7 Å². The standard InChI is InChI=1S/C13H11N3O.C12H8N4O3.C7H6N4O3.2C6H4N4O3/c17-16-13-7-6-11(9-12(13)14-15-16)8-10-4-2-1-3-5-10;17-15-11-7-9(16(18)19)6-10(12(11)13-14-15)8-4-2-1-3-5-8;1-4-6(11(13)14)3-2-5-7(4)10(12)9-8-5;11-9-6-3-4(10(12)13)1-2-5(6)7-8-9;11-9-4-2-1-3-5(10(12)13)6(4)7-8-9/h1-7,9,17H,8H2;1-7,17H;2-3,12H,1H3;2*1-3,11H. The molecule has 0 saturated heterocycles. The van der Waals surface area contributed by atoms with Crippen molar-refractivity contribution in [3.8, 4) is 11.1 Å². The van der Waals surface area contributed by atoms with E-state index >= 15 is 0 Å². The molecular formula is C44H33N19O13. The Bertz CT molecular complexity index is 4100. The lowest BCUT2D eigenvalue weighted by Gasteiger charge is -2.02. The second-order valence-corrected chi connectivity index (χ2v) is 15.5. The molecule has 12 aromatic rings. The zero-order chi connectivity index (χ0) is 54.2. The molecule has 76 heavy (non-hydrogen) atoms. The Balaban J connectivity index is 0.000000127. The van der Waals surface area contributed by atoms with E-state index in [9.17, 15) is 56.1 Å². The molecule has 0 spiro atoms. The molecule has 0 aliphatic carbocycles. The largest absolute Gasteiger partial charge is 0.410 e. The van der Waals surface area contributed by atoms with E-state index in [0.29, 0.717) is 58.1 Å². The smallest absolute Gasteiger partial charge is 0.299 e. The molecule has 0 aliphatic rings. The SMILES string of the molecule is Cc1c([N+](=O)[O-])ccc2nnn(O)c12.O=[N+]([O-])c1cc(-c2ccccc2)c2nnn(O)c2c1.O=[N+]([O-])c1ccc2nnn(O)c2c1.O=[N+]([O-])c1cccc2c1nnn2O.On1nnc2cc(Cc3ccccc3)ccc21. The summed E-state index contributed by atoms with van der Waals surface area (Å²) in [6.45, 7) is 1.54. The van der Waals surface area contributed by atoms with Crippen LogP contribution in [0.15, 0.2) is 140 Å². The maximum Gasteiger partial charge on any atom is 0.299 e. The van der Waals surface area contributed by atoms with E-state index in [1.807, 2.05) is 66.7 Å². The third kappa shape index (κ3) is 10.9. The highest BCUT2D eigenvalue weighted by Gasteiger charge is 2.20. The number of nitrogens with zero attached hydrogens (tertiary/aromatic N) is 19. The normalized spacial score (nSPS) is 10.6. The van der Waals surface area contributed by atoms with Gasteiger partial charge in [0.05, 0.1) is 25.3 Å². The predicted octanol–water partition coefficient (Wildman–Crippen LogP) is 6.54. The summed E-state index contributed by atoms with van der Waals surface area (Å²) >= 11 is 0. The molecule has 0 saturated carbocycles. The predicted molar refractivity (Wildman–Crippen MR) is 260 cm³/mol. The van der Waals surface area contributed by atoms with Gasteiger partial charge in [-0.05, 0) is 86.4 Å². The average Bonchev–Trinajstić information content (AvgIpc) is 4.28. The van der Waals surface area contributed by atoms with Gasteiger partial charge in [-0.2, -0.15) is 0 Å². The fourth-order valence-corrected chi connectivity index (χ4v) is 7.25. The first-order chi connectivity index (χ1) is 36.5. The van der Waals surface area contributed by atoms with Gasteiger partial charge in [0.1, 0.15) is 49.7 Å². The van der Waals surface area contributed by atoms with Crippen molar-refractivity contribution in [2.75, 3.05) is 0 Å². The van der Waals surface area contributed by atoms with Gasteiger partial charge >= 0.3 is 0 Å². The molecule has 32 heteroatoms. The fraction of sp³-hybridized carbons (Fsp3) is 0.0455. The minimum Gasteiger partial charge on any atom is -0.410 e. The number of hydrogen-bond donors (Lipinski definition) is 5. The molecule has 0 bridgehead atoms. The highest BCUT2D eigenvalue weighted by molar-refractivity contribution is 5.93. The maximum absolute atomic E-state index is 10.9. The van der Waals surface area contributed by atoms with Gasteiger partial charge in [0.2, 0.25) is 0 Å². The zero-order valence-corrected chi connectivity index (χ0v) is 38.5. The highest BCUT2D eigenvalue weighted by Crippen LogP contribution is 2.31. The van der Waals surface area contributed by atoms with Gasteiger partial charge in [-0.25, -0.2) is 0 Å². The molecule has 382 valence electrons. The van der Waals surface area contributed by atoms with Crippen molar-refractivity contribution in [3.63, 3.8) is 0 Å².